The molecule has 45 heavy (non-hydrogen) atoms. The Balaban J connectivity index is 1.43. The third-order valence-corrected chi connectivity index (χ3v) is 9.94. The molecular weight excluding hydrogens is 574 g/mol. The molecule has 7 rings (SSSR count). The Hall–Kier alpha value is -4.80. The zero-order chi connectivity index (χ0) is 31.5. The van der Waals surface area contributed by atoms with E-state index in [1.807, 2.05) is 67.6 Å². The number of benzene rings is 3. The Morgan fingerprint density at radius 1 is 0.889 bits per heavy atom. The Labute approximate surface area is 259 Å². The van der Waals surface area contributed by atoms with Crippen molar-refractivity contribution in [3.8, 4) is 5.75 Å². The van der Waals surface area contributed by atoms with E-state index >= 15 is 4.79 Å². The number of hydrogen-bond acceptors (Lipinski definition) is 8. The number of aliphatic hydroxyl groups is 1. The maximum atomic E-state index is 15.0. The van der Waals surface area contributed by atoms with Gasteiger partial charge in [0.05, 0.1) is 35.5 Å². The van der Waals surface area contributed by atoms with E-state index in [1.165, 1.54) is 0 Å². The van der Waals surface area contributed by atoms with E-state index in [2.05, 4.69) is 5.43 Å². The lowest BCUT2D eigenvalue weighted by molar-refractivity contribution is -0.173. The van der Waals surface area contributed by atoms with Crippen LogP contribution < -0.4 is 10.2 Å². The van der Waals surface area contributed by atoms with E-state index in [1.54, 1.807) is 24.3 Å². The van der Waals surface area contributed by atoms with Gasteiger partial charge in [-0.05, 0) is 61.1 Å². The molecule has 6 atom stereocenters. The quantitative estimate of drug-likeness (QED) is 0.210. The Morgan fingerprint density at radius 2 is 1.60 bits per heavy atom. The van der Waals surface area contributed by atoms with Crippen molar-refractivity contribution in [3.05, 3.63) is 107 Å². The van der Waals surface area contributed by atoms with Crippen molar-refractivity contribution in [3.63, 3.8) is 0 Å². The highest BCUT2D eigenvalue weighted by atomic mass is 16.5. The first-order valence-corrected chi connectivity index (χ1v) is 15.1. The summed E-state index contributed by atoms with van der Waals surface area (Å²) in [4.78, 5) is 55.7. The van der Waals surface area contributed by atoms with Gasteiger partial charge in [-0.2, -0.15) is 10.1 Å². The number of nitrogens with one attached hydrogen (secondary N) is 1. The van der Waals surface area contributed by atoms with Crippen molar-refractivity contribution in [1.29, 1.82) is 0 Å². The Bertz CT molecular complexity index is 1710. The number of imide groups is 2. The van der Waals surface area contributed by atoms with Crippen LogP contribution in [0.25, 0.3) is 0 Å². The summed E-state index contributed by atoms with van der Waals surface area (Å²) in [7, 11) is 0. The summed E-state index contributed by atoms with van der Waals surface area (Å²) in [5, 5.41) is 20.9. The minimum absolute atomic E-state index is 0.121. The highest BCUT2D eigenvalue weighted by Gasteiger charge is 2.70. The lowest BCUT2D eigenvalue weighted by atomic mass is 9.49. The van der Waals surface area contributed by atoms with Crippen molar-refractivity contribution in [2.75, 3.05) is 18.6 Å². The van der Waals surface area contributed by atoms with Gasteiger partial charge < -0.3 is 9.84 Å². The van der Waals surface area contributed by atoms with Gasteiger partial charge in [0.25, 0.3) is 23.6 Å². The van der Waals surface area contributed by atoms with Crippen LogP contribution in [0.3, 0.4) is 0 Å². The summed E-state index contributed by atoms with van der Waals surface area (Å²) in [6.07, 6.45) is 2.32. The molecule has 2 heterocycles. The molecule has 3 N–H and O–H groups in total. The fourth-order valence-electron chi connectivity index (χ4n) is 8.03. The molecule has 0 spiro atoms. The number of nitrogens with zero attached hydrogens (tertiary/aromatic N) is 2. The molecule has 10 nitrogen and oxygen atoms in total. The lowest BCUT2D eigenvalue weighted by Crippen LogP contribution is -2.53. The van der Waals surface area contributed by atoms with Crippen molar-refractivity contribution in [2.45, 2.75) is 31.1 Å². The van der Waals surface area contributed by atoms with Crippen LogP contribution >= 0.6 is 0 Å². The van der Waals surface area contributed by atoms with Crippen LogP contribution in [0.5, 0.6) is 5.75 Å². The minimum atomic E-state index is -1.37. The second-order valence-corrected chi connectivity index (χ2v) is 12.2. The number of amides is 4. The molecule has 230 valence electrons. The predicted octanol–water partition coefficient (Wildman–Crippen LogP) is 3.74. The monoisotopic (exact) mass is 607 g/mol. The number of anilines is 1. The van der Waals surface area contributed by atoms with Gasteiger partial charge in [-0.15, -0.1) is 0 Å². The van der Waals surface area contributed by atoms with Crippen LogP contribution in [0.15, 0.2) is 90.5 Å². The summed E-state index contributed by atoms with van der Waals surface area (Å²) >= 11 is 0. The number of hydroxylamine groups is 2. The summed E-state index contributed by atoms with van der Waals surface area (Å²) < 4.78 is 5.61. The average molecular weight is 608 g/mol. The van der Waals surface area contributed by atoms with E-state index < -0.39 is 58.6 Å². The molecule has 2 saturated heterocycles. The van der Waals surface area contributed by atoms with Gasteiger partial charge in [-0.1, -0.05) is 71.8 Å². The Morgan fingerprint density at radius 3 is 2.29 bits per heavy atom. The first-order chi connectivity index (χ1) is 21.8. The van der Waals surface area contributed by atoms with Crippen molar-refractivity contribution in [2.24, 2.45) is 23.7 Å². The molecule has 3 aromatic rings. The van der Waals surface area contributed by atoms with Crippen molar-refractivity contribution in [1.82, 2.24) is 10.1 Å². The van der Waals surface area contributed by atoms with Gasteiger partial charge in [0.2, 0.25) is 0 Å². The number of hydrazine groups is 1. The van der Waals surface area contributed by atoms with Gasteiger partial charge in [0.15, 0.2) is 0 Å². The van der Waals surface area contributed by atoms with E-state index in [4.69, 9.17) is 4.74 Å². The SMILES string of the molecule is Cc1ccc(NN2C(=O)[C@@H]3C[C@@H]4C(=CC[C@@H]5C(=O)N(O)C(=O)[C@@H]54)[C@H](c4ccc(OCCO)cc4)[C@]3(c3ccccc3)C2=O)cc1. The number of rotatable bonds is 7. The number of carbonyl (C=O) groups excluding carboxylic acids is 4. The number of carbonyl (C=O) groups is 4. The highest BCUT2D eigenvalue weighted by molar-refractivity contribution is 6.13. The lowest BCUT2D eigenvalue weighted by Gasteiger charge is -2.50. The molecule has 3 aromatic carbocycles. The number of allylic oxidation sites excluding steroid dienone is 2. The molecule has 4 amide bonds. The Kier molecular flexibility index (Phi) is 7.06. The average Bonchev–Trinajstić information content (AvgIpc) is 3.42. The third-order valence-electron chi connectivity index (χ3n) is 9.94. The third kappa shape index (κ3) is 4.31. The summed E-state index contributed by atoms with van der Waals surface area (Å²) in [6, 6.07) is 23.9. The topological polar surface area (TPSA) is 136 Å². The first-order valence-electron chi connectivity index (χ1n) is 15.1. The molecule has 2 aliphatic carbocycles. The normalized spacial score (nSPS) is 28.9. The highest BCUT2D eigenvalue weighted by Crippen LogP contribution is 2.64. The van der Waals surface area contributed by atoms with Crippen LogP contribution in [0, 0.1) is 30.6 Å². The zero-order valence-corrected chi connectivity index (χ0v) is 24.6. The standard InChI is InChI=1S/C35H33N3O7/c1-20-7-11-23(12-8-20)36-37-32(41)28-19-27-25(15-16-26-29(27)33(42)38(44)31(26)40)30(21-9-13-24(14-10-21)45-18-17-39)35(28,34(37)43)22-5-3-2-4-6-22/h2-15,26-30,36,39,44H,16-19H2,1H3/t26-,27+,28-,29-,30-,35+/m0/s1. The number of aliphatic hydroxyl groups excluding tert-OH is 1. The molecule has 1 saturated carbocycles. The molecule has 0 bridgehead atoms. The summed E-state index contributed by atoms with van der Waals surface area (Å²) in [5.74, 6) is -5.28. The molecule has 3 fully saturated rings. The molecule has 10 heteroatoms. The van der Waals surface area contributed by atoms with E-state index in [-0.39, 0.29) is 31.1 Å². The van der Waals surface area contributed by atoms with Crippen LogP contribution in [0.1, 0.15) is 35.4 Å². The number of hydrogen-bond donors (Lipinski definition) is 3. The molecule has 2 aliphatic heterocycles. The fourth-order valence-corrected chi connectivity index (χ4v) is 8.03. The smallest absolute Gasteiger partial charge is 0.260 e. The summed E-state index contributed by atoms with van der Waals surface area (Å²) in [6.45, 7) is 1.93. The predicted molar refractivity (Wildman–Crippen MR) is 161 cm³/mol. The molecule has 0 radical (unpaired) electrons. The van der Waals surface area contributed by atoms with Crippen molar-refractivity contribution < 1.29 is 34.2 Å². The molecule has 4 aliphatic rings. The van der Waals surface area contributed by atoms with Crippen LogP contribution in [-0.4, -0.2) is 57.2 Å². The van der Waals surface area contributed by atoms with Crippen LogP contribution in [0.4, 0.5) is 5.69 Å². The summed E-state index contributed by atoms with van der Waals surface area (Å²) in [5.41, 5.74) is 5.52. The maximum absolute atomic E-state index is 15.0. The van der Waals surface area contributed by atoms with Gasteiger partial charge >= 0.3 is 0 Å². The van der Waals surface area contributed by atoms with Gasteiger partial charge in [-0.3, -0.25) is 29.8 Å². The molecule has 0 aromatic heterocycles. The van der Waals surface area contributed by atoms with E-state index in [0.29, 0.717) is 17.0 Å². The molecular formula is C35H33N3O7. The minimum Gasteiger partial charge on any atom is -0.491 e. The van der Waals surface area contributed by atoms with Gasteiger partial charge in [-0.25, -0.2) is 0 Å². The number of aryl methyl sites for hydroxylation is 1. The zero-order valence-electron chi connectivity index (χ0n) is 24.6. The van der Waals surface area contributed by atoms with Crippen LogP contribution in [0.2, 0.25) is 0 Å². The van der Waals surface area contributed by atoms with Gasteiger partial charge in [0, 0.05) is 5.92 Å². The number of fused-ring (bicyclic) bond motifs is 4. The fraction of sp³-hybridized carbons (Fsp3) is 0.314. The van der Waals surface area contributed by atoms with Crippen molar-refractivity contribution >= 4 is 29.3 Å². The first kappa shape index (κ1) is 28.9. The maximum Gasteiger partial charge on any atom is 0.260 e. The second-order valence-electron chi connectivity index (χ2n) is 12.2. The van der Waals surface area contributed by atoms with Gasteiger partial charge in [0.1, 0.15) is 12.4 Å². The van der Waals surface area contributed by atoms with E-state index in [9.17, 15) is 24.7 Å². The molecule has 0 unspecified atom stereocenters. The van der Waals surface area contributed by atoms with E-state index in [0.717, 1.165) is 21.7 Å². The number of ether oxygens (including phenoxy) is 1. The van der Waals surface area contributed by atoms with Crippen LogP contribution in [-0.2, 0) is 24.6 Å². The second kappa shape index (κ2) is 11.0. The largest absolute Gasteiger partial charge is 0.491 e.